The molecule has 2 heterocycles. The van der Waals surface area contributed by atoms with E-state index in [0.717, 1.165) is 34.6 Å². The van der Waals surface area contributed by atoms with Gasteiger partial charge in [-0.15, -0.1) is 0 Å². The number of fused-ring (bicyclic) bond motifs is 2. The number of aryl methyl sites for hydroxylation is 1. The largest absolute Gasteiger partial charge is 0.454 e. The second-order valence-electron chi connectivity index (χ2n) is 6.43. The van der Waals surface area contributed by atoms with Gasteiger partial charge in [0.2, 0.25) is 12.7 Å². The Bertz CT molecular complexity index is 935. The molecule has 3 aromatic rings. The van der Waals surface area contributed by atoms with E-state index in [2.05, 4.69) is 9.55 Å². The monoisotopic (exact) mass is 351 g/mol. The summed E-state index contributed by atoms with van der Waals surface area (Å²) in [5.41, 5.74) is 3.15. The first-order valence-corrected chi connectivity index (χ1v) is 8.73. The van der Waals surface area contributed by atoms with Gasteiger partial charge in [-0.1, -0.05) is 18.2 Å². The molecule has 0 bridgehead atoms. The number of amides is 1. The lowest BCUT2D eigenvalue weighted by molar-refractivity contribution is -0.129. The number of ether oxygens (including phenoxy) is 2. The van der Waals surface area contributed by atoms with Crippen molar-refractivity contribution in [3.05, 3.63) is 54.4 Å². The fourth-order valence-electron chi connectivity index (χ4n) is 3.11. The Kier molecular flexibility index (Phi) is 4.48. The van der Waals surface area contributed by atoms with Gasteiger partial charge in [0.15, 0.2) is 11.5 Å². The molecule has 0 saturated carbocycles. The van der Waals surface area contributed by atoms with E-state index in [1.165, 1.54) is 0 Å². The SMILES string of the molecule is CN(CCn1cnc2ccccc21)C(=O)CCc1ccc2c(c1)OCO2. The molecule has 6 nitrogen and oxygen atoms in total. The summed E-state index contributed by atoms with van der Waals surface area (Å²) in [6.07, 6.45) is 2.99. The molecule has 1 aliphatic heterocycles. The molecule has 0 spiro atoms. The predicted molar refractivity (Wildman–Crippen MR) is 98.3 cm³/mol. The fraction of sp³-hybridized carbons (Fsp3) is 0.300. The van der Waals surface area contributed by atoms with Crippen LogP contribution in [0, 0.1) is 0 Å². The molecule has 134 valence electrons. The summed E-state index contributed by atoms with van der Waals surface area (Å²) >= 11 is 0. The van der Waals surface area contributed by atoms with Crippen LogP contribution in [0.2, 0.25) is 0 Å². The molecular weight excluding hydrogens is 330 g/mol. The van der Waals surface area contributed by atoms with E-state index >= 15 is 0 Å². The minimum absolute atomic E-state index is 0.132. The van der Waals surface area contributed by atoms with Crippen molar-refractivity contribution in [2.24, 2.45) is 0 Å². The first kappa shape index (κ1) is 16.4. The molecule has 0 unspecified atom stereocenters. The van der Waals surface area contributed by atoms with Crippen molar-refractivity contribution in [1.82, 2.24) is 14.5 Å². The smallest absolute Gasteiger partial charge is 0.231 e. The van der Waals surface area contributed by atoms with Crippen LogP contribution in [0.1, 0.15) is 12.0 Å². The Balaban J connectivity index is 1.30. The Morgan fingerprint density at radius 2 is 2.04 bits per heavy atom. The average Bonchev–Trinajstić information content (AvgIpc) is 3.30. The van der Waals surface area contributed by atoms with E-state index in [-0.39, 0.29) is 12.7 Å². The van der Waals surface area contributed by atoms with Gasteiger partial charge in [0.05, 0.1) is 17.4 Å². The highest BCUT2D eigenvalue weighted by atomic mass is 16.7. The lowest BCUT2D eigenvalue weighted by atomic mass is 10.1. The summed E-state index contributed by atoms with van der Waals surface area (Å²) in [6, 6.07) is 13.9. The predicted octanol–water partition coefficient (Wildman–Crippen LogP) is 2.86. The molecule has 0 saturated heterocycles. The van der Waals surface area contributed by atoms with Gasteiger partial charge in [-0.05, 0) is 36.2 Å². The summed E-state index contributed by atoms with van der Waals surface area (Å²) in [6.45, 7) is 1.65. The minimum atomic E-state index is 0.132. The maximum absolute atomic E-state index is 12.4. The average molecular weight is 351 g/mol. The van der Waals surface area contributed by atoms with E-state index in [0.29, 0.717) is 19.4 Å². The van der Waals surface area contributed by atoms with Gasteiger partial charge in [0.1, 0.15) is 0 Å². The molecule has 0 radical (unpaired) electrons. The van der Waals surface area contributed by atoms with Crippen LogP contribution in [-0.2, 0) is 17.8 Å². The quantitative estimate of drug-likeness (QED) is 0.685. The topological polar surface area (TPSA) is 56.6 Å². The van der Waals surface area contributed by atoms with E-state index in [9.17, 15) is 4.79 Å². The maximum atomic E-state index is 12.4. The number of hydrogen-bond donors (Lipinski definition) is 0. The molecule has 1 aromatic heterocycles. The third-order valence-corrected chi connectivity index (χ3v) is 4.69. The summed E-state index contributed by atoms with van der Waals surface area (Å²) < 4.78 is 12.8. The number of aromatic nitrogens is 2. The first-order chi connectivity index (χ1) is 12.7. The molecule has 0 aliphatic carbocycles. The highest BCUT2D eigenvalue weighted by Gasteiger charge is 2.14. The van der Waals surface area contributed by atoms with Gasteiger partial charge in [-0.3, -0.25) is 4.79 Å². The van der Waals surface area contributed by atoms with Gasteiger partial charge in [0, 0.05) is 26.6 Å². The maximum Gasteiger partial charge on any atom is 0.231 e. The van der Waals surface area contributed by atoms with E-state index < -0.39 is 0 Å². The number of rotatable bonds is 6. The van der Waals surface area contributed by atoms with Crippen LogP contribution in [0.5, 0.6) is 11.5 Å². The number of likely N-dealkylation sites (N-methyl/N-ethyl adjacent to an activating group) is 1. The molecular formula is C20H21N3O3. The number of para-hydroxylation sites is 2. The number of hydrogen-bond acceptors (Lipinski definition) is 4. The highest BCUT2D eigenvalue weighted by molar-refractivity contribution is 5.76. The molecule has 0 fully saturated rings. The Morgan fingerprint density at radius 3 is 2.96 bits per heavy atom. The zero-order valence-corrected chi connectivity index (χ0v) is 14.7. The molecule has 0 N–H and O–H groups in total. The fourth-order valence-corrected chi connectivity index (χ4v) is 3.11. The van der Waals surface area contributed by atoms with Crippen LogP contribution in [0.3, 0.4) is 0 Å². The summed E-state index contributed by atoms with van der Waals surface area (Å²) in [5, 5.41) is 0. The molecule has 1 aliphatic rings. The molecule has 26 heavy (non-hydrogen) atoms. The Hall–Kier alpha value is -3.02. The second-order valence-corrected chi connectivity index (χ2v) is 6.43. The zero-order chi connectivity index (χ0) is 17.9. The minimum Gasteiger partial charge on any atom is -0.454 e. The van der Waals surface area contributed by atoms with Crippen molar-refractivity contribution in [2.45, 2.75) is 19.4 Å². The van der Waals surface area contributed by atoms with E-state index in [1.807, 2.05) is 55.8 Å². The highest BCUT2D eigenvalue weighted by Crippen LogP contribution is 2.32. The Morgan fingerprint density at radius 1 is 1.19 bits per heavy atom. The number of carbonyl (C=O) groups excluding carboxylic acids is 1. The van der Waals surface area contributed by atoms with Gasteiger partial charge in [-0.2, -0.15) is 0 Å². The van der Waals surface area contributed by atoms with Crippen LogP contribution in [0.4, 0.5) is 0 Å². The second kappa shape index (κ2) is 7.07. The normalized spacial score (nSPS) is 12.5. The lowest BCUT2D eigenvalue weighted by Gasteiger charge is -2.18. The standard InChI is InChI=1S/C20H21N3O3/c1-22(10-11-23-13-21-16-4-2-3-5-17(16)23)20(24)9-7-15-6-8-18-19(12-15)26-14-25-18/h2-6,8,12-13H,7,9-11,14H2,1H3. The van der Waals surface area contributed by atoms with Crippen molar-refractivity contribution in [3.63, 3.8) is 0 Å². The summed E-state index contributed by atoms with van der Waals surface area (Å²) in [7, 11) is 1.85. The van der Waals surface area contributed by atoms with Gasteiger partial charge < -0.3 is 18.9 Å². The van der Waals surface area contributed by atoms with Crippen LogP contribution in [0.25, 0.3) is 11.0 Å². The molecule has 6 heteroatoms. The van der Waals surface area contributed by atoms with Crippen molar-refractivity contribution in [1.29, 1.82) is 0 Å². The van der Waals surface area contributed by atoms with Crippen LogP contribution in [-0.4, -0.2) is 40.7 Å². The van der Waals surface area contributed by atoms with Crippen molar-refractivity contribution in [3.8, 4) is 11.5 Å². The third kappa shape index (κ3) is 3.35. The Labute approximate surface area is 152 Å². The van der Waals surface area contributed by atoms with Crippen LogP contribution >= 0.6 is 0 Å². The van der Waals surface area contributed by atoms with E-state index in [4.69, 9.17) is 9.47 Å². The molecule has 1 amide bonds. The molecule has 2 aromatic carbocycles. The van der Waals surface area contributed by atoms with Gasteiger partial charge in [-0.25, -0.2) is 4.98 Å². The molecule has 0 atom stereocenters. The van der Waals surface area contributed by atoms with Crippen molar-refractivity contribution in [2.75, 3.05) is 20.4 Å². The van der Waals surface area contributed by atoms with Crippen LogP contribution < -0.4 is 9.47 Å². The summed E-state index contributed by atoms with van der Waals surface area (Å²) in [5.74, 6) is 1.66. The zero-order valence-electron chi connectivity index (χ0n) is 14.7. The van der Waals surface area contributed by atoms with Crippen molar-refractivity contribution < 1.29 is 14.3 Å². The van der Waals surface area contributed by atoms with E-state index in [1.54, 1.807) is 4.90 Å². The summed E-state index contributed by atoms with van der Waals surface area (Å²) in [4.78, 5) is 18.6. The first-order valence-electron chi connectivity index (χ1n) is 8.73. The third-order valence-electron chi connectivity index (χ3n) is 4.69. The number of carbonyl (C=O) groups is 1. The number of benzene rings is 2. The van der Waals surface area contributed by atoms with Crippen molar-refractivity contribution >= 4 is 16.9 Å². The van der Waals surface area contributed by atoms with Gasteiger partial charge in [0.25, 0.3) is 0 Å². The van der Waals surface area contributed by atoms with Crippen LogP contribution in [0.15, 0.2) is 48.8 Å². The molecule has 4 rings (SSSR count). The number of imidazole rings is 1. The van der Waals surface area contributed by atoms with Gasteiger partial charge >= 0.3 is 0 Å². The lowest BCUT2D eigenvalue weighted by Crippen LogP contribution is -2.30. The number of nitrogens with zero attached hydrogens (tertiary/aromatic N) is 3.